The highest BCUT2D eigenvalue weighted by atomic mass is 19.1. The van der Waals surface area contributed by atoms with Crippen molar-refractivity contribution in [1.82, 2.24) is 24.8 Å². The third-order valence-electron chi connectivity index (χ3n) is 5.52. The number of carbonyl (C=O) groups is 1. The Morgan fingerprint density at radius 2 is 2.06 bits per heavy atom. The first-order valence-corrected chi connectivity index (χ1v) is 9.89. The van der Waals surface area contributed by atoms with Crippen LogP contribution in [0.25, 0.3) is 16.5 Å². The highest BCUT2D eigenvalue weighted by Crippen LogP contribution is 2.25. The van der Waals surface area contributed by atoms with Gasteiger partial charge in [0.2, 0.25) is 5.95 Å². The third-order valence-corrected chi connectivity index (χ3v) is 5.52. The summed E-state index contributed by atoms with van der Waals surface area (Å²) in [6.07, 6.45) is 2.60. The van der Waals surface area contributed by atoms with Crippen molar-refractivity contribution in [2.75, 3.05) is 20.1 Å². The smallest absolute Gasteiger partial charge is 0.328 e. The first-order chi connectivity index (χ1) is 14.9. The van der Waals surface area contributed by atoms with Crippen molar-refractivity contribution in [2.24, 2.45) is 7.05 Å². The van der Waals surface area contributed by atoms with Gasteiger partial charge in [-0.1, -0.05) is 12.1 Å². The monoisotopic (exact) mass is 423 g/mol. The third kappa shape index (κ3) is 4.04. The molecule has 9 heteroatoms. The van der Waals surface area contributed by atoms with Crippen molar-refractivity contribution < 1.29 is 9.18 Å². The van der Waals surface area contributed by atoms with Gasteiger partial charge < -0.3 is 10.3 Å². The lowest BCUT2D eigenvalue weighted by Crippen LogP contribution is -2.32. The number of pyridine rings is 1. The molecule has 1 aromatic carbocycles. The summed E-state index contributed by atoms with van der Waals surface area (Å²) in [4.78, 5) is 44.3. The molecule has 0 fully saturated rings. The lowest BCUT2D eigenvalue weighted by molar-refractivity contribution is 0.0957. The molecule has 0 saturated heterocycles. The van der Waals surface area contributed by atoms with E-state index in [9.17, 15) is 18.8 Å². The molecule has 4 rings (SSSR count). The van der Waals surface area contributed by atoms with Gasteiger partial charge in [0, 0.05) is 39.3 Å². The normalized spacial score (nSPS) is 14.5. The number of aromatic nitrogens is 3. The van der Waals surface area contributed by atoms with Gasteiger partial charge in [0.15, 0.2) is 0 Å². The van der Waals surface area contributed by atoms with Gasteiger partial charge in [-0.3, -0.25) is 19.1 Å². The van der Waals surface area contributed by atoms with Crippen LogP contribution in [0.15, 0.2) is 46.0 Å². The first-order valence-electron chi connectivity index (χ1n) is 9.89. The van der Waals surface area contributed by atoms with Crippen molar-refractivity contribution >= 4 is 22.4 Å². The van der Waals surface area contributed by atoms with Gasteiger partial charge in [0.25, 0.3) is 11.5 Å². The molecule has 1 aliphatic rings. The fraction of sp³-hybridized carbons (Fsp3) is 0.273. The molecular weight excluding hydrogens is 401 g/mol. The molecule has 31 heavy (non-hydrogen) atoms. The number of nitrogens with zero attached hydrogens (tertiary/aromatic N) is 3. The van der Waals surface area contributed by atoms with Crippen LogP contribution in [0.5, 0.6) is 0 Å². The van der Waals surface area contributed by atoms with E-state index in [0.29, 0.717) is 42.5 Å². The van der Waals surface area contributed by atoms with Crippen LogP contribution in [-0.2, 0) is 13.6 Å². The molecule has 2 aromatic heterocycles. The Morgan fingerprint density at radius 3 is 2.74 bits per heavy atom. The number of H-pyrrole nitrogens is 1. The molecule has 0 atom stereocenters. The second kappa shape index (κ2) is 8.27. The van der Waals surface area contributed by atoms with E-state index in [4.69, 9.17) is 0 Å². The second-order valence-corrected chi connectivity index (χ2v) is 7.50. The molecule has 0 saturated carbocycles. The van der Waals surface area contributed by atoms with E-state index < -0.39 is 17.5 Å². The molecule has 3 aromatic rings. The Morgan fingerprint density at radius 1 is 1.26 bits per heavy atom. The Bertz CT molecular complexity index is 1320. The highest BCUT2D eigenvalue weighted by molar-refractivity contribution is 5.92. The van der Waals surface area contributed by atoms with Crippen LogP contribution in [0.2, 0.25) is 0 Å². The summed E-state index contributed by atoms with van der Waals surface area (Å²) in [6, 6.07) is 8.53. The molecule has 0 spiro atoms. The zero-order chi connectivity index (χ0) is 22.1. The molecule has 8 nitrogen and oxygen atoms in total. The van der Waals surface area contributed by atoms with Gasteiger partial charge in [-0.05, 0) is 41.8 Å². The number of fused-ring (bicyclic) bond motifs is 1. The minimum Gasteiger partial charge on any atom is -0.354 e. The van der Waals surface area contributed by atoms with Crippen LogP contribution in [0, 0.1) is 5.95 Å². The summed E-state index contributed by atoms with van der Waals surface area (Å²) in [5.41, 5.74) is 2.03. The number of nitrogens with one attached hydrogen (secondary N) is 2. The van der Waals surface area contributed by atoms with E-state index in [2.05, 4.69) is 20.2 Å². The SMILES string of the molecule is CNC(=O)c1ccc(C2=CCN(Cc3ccc4c(=O)n(C)c(=O)[nH]c4c3)CC2)c(F)n1. The summed E-state index contributed by atoms with van der Waals surface area (Å²) in [6.45, 7) is 1.97. The van der Waals surface area contributed by atoms with Crippen molar-refractivity contribution in [3.05, 3.63) is 80.0 Å². The molecule has 2 N–H and O–H groups in total. The van der Waals surface area contributed by atoms with Gasteiger partial charge in [0.05, 0.1) is 10.9 Å². The summed E-state index contributed by atoms with van der Waals surface area (Å²) in [5.74, 6) is -1.08. The van der Waals surface area contributed by atoms with Gasteiger partial charge >= 0.3 is 5.69 Å². The molecule has 0 bridgehead atoms. The van der Waals surface area contributed by atoms with Crippen LogP contribution in [0.4, 0.5) is 4.39 Å². The first kappa shape index (κ1) is 20.7. The van der Waals surface area contributed by atoms with Crippen molar-refractivity contribution in [3.63, 3.8) is 0 Å². The molecule has 3 heterocycles. The minimum atomic E-state index is -0.652. The zero-order valence-corrected chi connectivity index (χ0v) is 17.2. The molecule has 160 valence electrons. The maximum Gasteiger partial charge on any atom is 0.328 e. The number of hydrogen-bond donors (Lipinski definition) is 2. The Kier molecular flexibility index (Phi) is 5.51. The average Bonchev–Trinajstić information content (AvgIpc) is 2.77. The Balaban J connectivity index is 1.50. The Labute approximate surface area is 177 Å². The minimum absolute atomic E-state index is 0.0472. The van der Waals surface area contributed by atoms with E-state index in [1.165, 1.54) is 20.2 Å². The standard InChI is InChI=1S/C22H22FN5O3/c1-24-20(29)17-6-5-15(19(23)25-17)14-7-9-28(10-8-14)12-13-3-4-16-18(11-13)26-22(31)27(2)21(16)30/h3-7,11H,8-10,12H2,1-2H3,(H,24,29)(H,26,31). The molecule has 0 aliphatic carbocycles. The maximum atomic E-state index is 14.4. The van der Waals surface area contributed by atoms with E-state index >= 15 is 0 Å². The van der Waals surface area contributed by atoms with E-state index in [1.54, 1.807) is 12.1 Å². The largest absolute Gasteiger partial charge is 0.354 e. The molecule has 1 aliphatic heterocycles. The summed E-state index contributed by atoms with van der Waals surface area (Å²) in [7, 11) is 2.91. The van der Waals surface area contributed by atoms with Gasteiger partial charge in [-0.2, -0.15) is 4.39 Å². The number of halogens is 1. The number of aromatic amines is 1. The summed E-state index contributed by atoms with van der Waals surface area (Å²) >= 11 is 0. The Hall–Kier alpha value is -3.59. The fourth-order valence-corrected chi connectivity index (χ4v) is 3.74. The van der Waals surface area contributed by atoms with Gasteiger partial charge in [-0.25, -0.2) is 9.78 Å². The molecular formula is C22H22FN5O3. The van der Waals surface area contributed by atoms with Gasteiger partial charge in [-0.15, -0.1) is 0 Å². The number of benzene rings is 1. The highest BCUT2D eigenvalue weighted by Gasteiger charge is 2.18. The number of hydrogen-bond acceptors (Lipinski definition) is 5. The quantitative estimate of drug-likeness (QED) is 0.618. The predicted molar refractivity (Wildman–Crippen MR) is 115 cm³/mol. The van der Waals surface area contributed by atoms with Crippen molar-refractivity contribution in [1.29, 1.82) is 0 Å². The van der Waals surface area contributed by atoms with E-state index in [0.717, 1.165) is 15.7 Å². The van der Waals surface area contributed by atoms with E-state index in [-0.39, 0.29) is 11.3 Å². The van der Waals surface area contributed by atoms with Crippen LogP contribution < -0.4 is 16.6 Å². The number of rotatable bonds is 4. The second-order valence-electron chi connectivity index (χ2n) is 7.50. The lowest BCUT2D eigenvalue weighted by atomic mass is 10.00. The van der Waals surface area contributed by atoms with Crippen LogP contribution in [0.3, 0.4) is 0 Å². The van der Waals surface area contributed by atoms with Crippen LogP contribution >= 0.6 is 0 Å². The molecule has 0 radical (unpaired) electrons. The maximum absolute atomic E-state index is 14.4. The van der Waals surface area contributed by atoms with E-state index in [1.807, 2.05) is 18.2 Å². The lowest BCUT2D eigenvalue weighted by Gasteiger charge is -2.26. The predicted octanol–water partition coefficient (Wildman–Crippen LogP) is 1.41. The fourth-order valence-electron chi connectivity index (χ4n) is 3.74. The number of carbonyl (C=O) groups excluding carboxylic acids is 1. The number of amides is 1. The average molecular weight is 423 g/mol. The summed E-state index contributed by atoms with van der Waals surface area (Å²) in [5, 5.41) is 2.90. The van der Waals surface area contributed by atoms with Crippen molar-refractivity contribution in [3.8, 4) is 0 Å². The van der Waals surface area contributed by atoms with Gasteiger partial charge in [0.1, 0.15) is 5.69 Å². The zero-order valence-electron chi connectivity index (χ0n) is 17.2. The molecule has 0 unspecified atom stereocenters. The van der Waals surface area contributed by atoms with Crippen LogP contribution in [0.1, 0.15) is 28.0 Å². The molecule has 1 amide bonds. The van der Waals surface area contributed by atoms with Crippen LogP contribution in [-0.4, -0.2) is 45.5 Å². The van der Waals surface area contributed by atoms with Crippen molar-refractivity contribution in [2.45, 2.75) is 13.0 Å². The summed E-state index contributed by atoms with van der Waals surface area (Å²) < 4.78 is 15.5. The topological polar surface area (TPSA) is 100 Å².